The van der Waals surface area contributed by atoms with Gasteiger partial charge in [0.2, 0.25) is 5.91 Å². The van der Waals surface area contributed by atoms with E-state index in [1.54, 1.807) is 36.4 Å². The summed E-state index contributed by atoms with van der Waals surface area (Å²) < 4.78 is 18.5. The van der Waals surface area contributed by atoms with Crippen LogP contribution in [0.25, 0.3) is 0 Å². The van der Waals surface area contributed by atoms with Crippen LogP contribution in [0.1, 0.15) is 24.2 Å². The van der Waals surface area contributed by atoms with Crippen LogP contribution in [-0.2, 0) is 11.2 Å². The van der Waals surface area contributed by atoms with Crippen molar-refractivity contribution in [3.8, 4) is 5.75 Å². The van der Waals surface area contributed by atoms with E-state index < -0.39 is 5.92 Å². The first kappa shape index (κ1) is 17.5. The predicted molar refractivity (Wildman–Crippen MR) is 92.2 cm³/mol. The van der Waals surface area contributed by atoms with E-state index in [1.165, 1.54) is 12.1 Å². The first-order valence-electron chi connectivity index (χ1n) is 8.12. The molecule has 1 aromatic heterocycles. The molecule has 1 N–H and O–H groups in total. The highest BCUT2D eigenvalue weighted by atomic mass is 19.1. The second-order valence-electron chi connectivity index (χ2n) is 5.57. The molecule has 0 saturated heterocycles. The fourth-order valence-corrected chi connectivity index (χ4v) is 2.48. The van der Waals surface area contributed by atoms with Gasteiger partial charge < -0.3 is 15.2 Å². The molecule has 0 aliphatic carbocycles. The topological polar surface area (TPSA) is 91.1 Å². The lowest BCUT2D eigenvalue weighted by Crippen LogP contribution is -2.24. The normalized spacial score (nSPS) is 11.8. The van der Waals surface area contributed by atoms with Crippen LogP contribution in [-0.4, -0.2) is 28.0 Å². The Hall–Kier alpha value is -3.29. The van der Waals surface area contributed by atoms with Crippen molar-refractivity contribution >= 4 is 11.6 Å². The molecule has 1 heterocycles. The van der Waals surface area contributed by atoms with E-state index in [1.807, 2.05) is 6.92 Å². The van der Waals surface area contributed by atoms with Crippen LogP contribution in [0.15, 0.2) is 48.5 Å². The Morgan fingerprint density at radius 3 is 2.54 bits per heavy atom. The maximum atomic E-state index is 13.1. The molecule has 7 nitrogen and oxygen atoms in total. The molecule has 2 aromatic carbocycles. The van der Waals surface area contributed by atoms with Crippen molar-refractivity contribution in [2.75, 3.05) is 11.9 Å². The number of benzene rings is 2. The molecular weight excluding hydrogens is 337 g/mol. The summed E-state index contributed by atoms with van der Waals surface area (Å²) in [5.41, 5.74) is 1.40. The fourth-order valence-electron chi connectivity index (χ4n) is 2.48. The number of ether oxygens (including phenoxy) is 1. The molecule has 0 aliphatic heterocycles. The van der Waals surface area contributed by atoms with Crippen molar-refractivity contribution in [1.82, 2.24) is 20.6 Å². The first-order valence-corrected chi connectivity index (χ1v) is 8.12. The van der Waals surface area contributed by atoms with Gasteiger partial charge in [-0.05, 0) is 55.3 Å². The Bertz CT molecular complexity index is 835. The highest BCUT2D eigenvalue weighted by molar-refractivity contribution is 5.95. The SMILES string of the molecule is CCOc1ccc(NC(=O)[C@@H](Cc2ccc(F)cc2)c2nnn[n-]2)cc1. The van der Waals surface area contributed by atoms with E-state index in [-0.39, 0.29) is 17.5 Å². The summed E-state index contributed by atoms with van der Waals surface area (Å²) in [5, 5.41) is 17.3. The van der Waals surface area contributed by atoms with Crippen molar-refractivity contribution < 1.29 is 13.9 Å². The molecule has 0 radical (unpaired) electrons. The number of hydrogen-bond acceptors (Lipinski definition) is 5. The van der Waals surface area contributed by atoms with Gasteiger partial charge >= 0.3 is 0 Å². The van der Waals surface area contributed by atoms with Crippen LogP contribution in [0.2, 0.25) is 0 Å². The van der Waals surface area contributed by atoms with Crippen molar-refractivity contribution in [2.45, 2.75) is 19.3 Å². The third kappa shape index (κ3) is 4.41. The molecule has 0 aliphatic rings. The van der Waals surface area contributed by atoms with Gasteiger partial charge in [-0.3, -0.25) is 15.1 Å². The molecule has 1 amide bonds. The van der Waals surface area contributed by atoms with Gasteiger partial charge in [0.15, 0.2) is 0 Å². The summed E-state index contributed by atoms with van der Waals surface area (Å²) in [6.07, 6.45) is 0.302. The minimum atomic E-state index is -0.693. The second-order valence-corrected chi connectivity index (χ2v) is 5.57. The van der Waals surface area contributed by atoms with E-state index in [2.05, 4.69) is 25.9 Å². The van der Waals surface area contributed by atoms with Gasteiger partial charge in [-0.1, -0.05) is 12.1 Å². The number of halogens is 1. The van der Waals surface area contributed by atoms with Gasteiger partial charge in [-0.2, -0.15) is 5.21 Å². The third-order valence-corrected chi connectivity index (χ3v) is 3.75. The van der Waals surface area contributed by atoms with E-state index in [9.17, 15) is 9.18 Å². The highest BCUT2D eigenvalue weighted by Crippen LogP contribution is 2.21. The van der Waals surface area contributed by atoms with Gasteiger partial charge in [0.05, 0.1) is 12.5 Å². The number of rotatable bonds is 7. The van der Waals surface area contributed by atoms with Gasteiger partial charge in [-0.25, -0.2) is 4.39 Å². The summed E-state index contributed by atoms with van der Waals surface area (Å²) in [7, 11) is 0. The molecular formula is C18H17FN5O2-. The number of anilines is 1. The zero-order valence-corrected chi connectivity index (χ0v) is 14.1. The molecule has 3 rings (SSSR count). The smallest absolute Gasteiger partial charge is 0.232 e. The lowest BCUT2D eigenvalue weighted by molar-refractivity contribution is -0.117. The molecule has 1 atom stereocenters. The van der Waals surface area contributed by atoms with Gasteiger partial charge in [0.1, 0.15) is 11.6 Å². The molecule has 0 unspecified atom stereocenters. The zero-order chi connectivity index (χ0) is 18.4. The Morgan fingerprint density at radius 2 is 1.92 bits per heavy atom. The van der Waals surface area contributed by atoms with Crippen LogP contribution in [0.5, 0.6) is 5.75 Å². The number of amides is 1. The first-order chi connectivity index (χ1) is 12.7. The van der Waals surface area contributed by atoms with Gasteiger partial charge in [0, 0.05) is 11.5 Å². The Kier molecular flexibility index (Phi) is 5.52. The Morgan fingerprint density at radius 1 is 1.19 bits per heavy atom. The number of nitrogens with zero attached hydrogens (tertiary/aromatic N) is 4. The molecule has 0 saturated carbocycles. The van der Waals surface area contributed by atoms with E-state index >= 15 is 0 Å². The average molecular weight is 354 g/mol. The minimum Gasteiger partial charge on any atom is -0.494 e. The van der Waals surface area contributed by atoms with Crippen molar-refractivity contribution in [3.05, 3.63) is 65.7 Å². The number of carbonyl (C=O) groups excluding carboxylic acids is 1. The average Bonchev–Trinajstić information content (AvgIpc) is 3.17. The predicted octanol–water partition coefficient (Wildman–Crippen LogP) is 2.33. The number of aromatic nitrogens is 4. The number of hydrogen-bond donors (Lipinski definition) is 1. The molecule has 134 valence electrons. The van der Waals surface area contributed by atoms with Gasteiger partial charge in [0.25, 0.3) is 0 Å². The maximum absolute atomic E-state index is 13.1. The molecule has 26 heavy (non-hydrogen) atoms. The fraction of sp³-hybridized carbons (Fsp3) is 0.222. The van der Waals surface area contributed by atoms with E-state index in [0.29, 0.717) is 18.7 Å². The molecule has 0 spiro atoms. The summed E-state index contributed by atoms with van der Waals surface area (Å²) in [4.78, 5) is 12.7. The van der Waals surface area contributed by atoms with Crippen molar-refractivity contribution in [3.63, 3.8) is 0 Å². The second kappa shape index (κ2) is 8.19. The summed E-state index contributed by atoms with van der Waals surface area (Å²) in [6.45, 7) is 2.47. The van der Waals surface area contributed by atoms with Crippen LogP contribution in [0.3, 0.4) is 0 Å². The largest absolute Gasteiger partial charge is 0.494 e. The molecule has 0 fully saturated rings. The quantitative estimate of drug-likeness (QED) is 0.700. The monoisotopic (exact) mass is 354 g/mol. The molecule has 3 aromatic rings. The van der Waals surface area contributed by atoms with Gasteiger partial charge in [-0.15, -0.1) is 0 Å². The van der Waals surface area contributed by atoms with Crippen LogP contribution in [0.4, 0.5) is 10.1 Å². The van der Waals surface area contributed by atoms with E-state index in [0.717, 1.165) is 11.3 Å². The van der Waals surface area contributed by atoms with Crippen LogP contribution >= 0.6 is 0 Å². The Labute approximate surface area is 149 Å². The third-order valence-electron chi connectivity index (χ3n) is 3.75. The lowest BCUT2D eigenvalue weighted by Gasteiger charge is -2.17. The molecule has 8 heteroatoms. The summed E-state index contributed by atoms with van der Waals surface area (Å²) in [5.74, 6) is -0.383. The summed E-state index contributed by atoms with van der Waals surface area (Å²) in [6, 6.07) is 13.0. The minimum absolute atomic E-state index is 0.220. The highest BCUT2D eigenvalue weighted by Gasteiger charge is 2.21. The van der Waals surface area contributed by atoms with Crippen molar-refractivity contribution in [2.24, 2.45) is 0 Å². The van der Waals surface area contributed by atoms with Crippen LogP contribution in [0, 0.1) is 5.82 Å². The number of carbonyl (C=O) groups is 1. The Balaban J connectivity index is 1.75. The van der Waals surface area contributed by atoms with Crippen LogP contribution < -0.4 is 15.2 Å². The zero-order valence-electron chi connectivity index (χ0n) is 14.1. The number of nitrogens with one attached hydrogen (secondary N) is 1. The maximum Gasteiger partial charge on any atom is 0.232 e. The van der Waals surface area contributed by atoms with Crippen molar-refractivity contribution in [1.29, 1.82) is 0 Å². The lowest BCUT2D eigenvalue weighted by atomic mass is 9.97. The molecule has 0 bridgehead atoms. The van der Waals surface area contributed by atoms with E-state index in [4.69, 9.17) is 4.74 Å². The standard InChI is InChI=1S/C18H18FN5O2/c1-2-26-15-9-7-14(8-10-15)20-18(25)16(17-21-23-24-22-17)11-12-3-5-13(19)6-4-12/h3-10,16H,2,11H2,1H3,(H2,20,21,22,23,24,25)/p-1/t16-/m0/s1. The number of tetrazole rings is 1. The summed E-state index contributed by atoms with van der Waals surface area (Å²) >= 11 is 0.